The lowest BCUT2D eigenvalue weighted by Crippen LogP contribution is -2.57. The summed E-state index contributed by atoms with van der Waals surface area (Å²) in [6.45, 7) is 7.34. The van der Waals surface area contributed by atoms with Crippen LogP contribution < -0.4 is 16.4 Å². The third-order valence-electron chi connectivity index (χ3n) is 7.80. The first-order chi connectivity index (χ1) is 20.7. The Labute approximate surface area is 255 Å². The van der Waals surface area contributed by atoms with Gasteiger partial charge in [-0.3, -0.25) is 19.3 Å². The van der Waals surface area contributed by atoms with Gasteiger partial charge >= 0.3 is 6.09 Å². The van der Waals surface area contributed by atoms with Crippen molar-refractivity contribution in [3.8, 4) is 0 Å². The molecule has 0 aromatic heterocycles. The maximum atomic E-state index is 14.5. The molecule has 2 heterocycles. The highest BCUT2D eigenvalue weighted by molar-refractivity contribution is 6.00. The van der Waals surface area contributed by atoms with Crippen molar-refractivity contribution in [1.82, 2.24) is 15.1 Å². The molecule has 4 rings (SSSR count). The molecule has 238 valence electrons. The van der Waals surface area contributed by atoms with Crippen molar-refractivity contribution in [2.24, 2.45) is 5.92 Å². The number of ether oxygens (including phenoxy) is 2. The first-order valence-corrected chi connectivity index (χ1v) is 14.5. The highest BCUT2D eigenvalue weighted by Gasteiger charge is 2.44. The monoisotopic (exact) mass is 615 g/mol. The number of nitrogen functional groups attached to an aromatic ring is 1. The molecule has 11 nitrogen and oxygen atoms in total. The molecule has 0 bridgehead atoms. The minimum atomic E-state index is -1.27. The van der Waals surface area contributed by atoms with Gasteiger partial charge in [0.05, 0.1) is 0 Å². The molecule has 2 aromatic carbocycles. The summed E-state index contributed by atoms with van der Waals surface area (Å²) >= 11 is 0. The van der Waals surface area contributed by atoms with Crippen LogP contribution in [0.25, 0.3) is 0 Å². The molecule has 13 heteroatoms. The van der Waals surface area contributed by atoms with Crippen LogP contribution in [0.5, 0.6) is 0 Å². The maximum absolute atomic E-state index is 14.5. The molecule has 0 spiro atoms. The van der Waals surface area contributed by atoms with Gasteiger partial charge in [-0.25, -0.2) is 13.6 Å². The Balaban J connectivity index is 1.64. The molecule has 1 unspecified atom stereocenters. The number of rotatable bonds is 7. The van der Waals surface area contributed by atoms with Crippen LogP contribution in [0.15, 0.2) is 36.4 Å². The molecule has 44 heavy (non-hydrogen) atoms. The standard InChI is InChI=1S/C31H39F2N5O6/c1-17(37(5)30(42)44-31(2,3)4)27(39)35-24(18-11-13-43-14-12-18)29(41)38-16-19-15-20(34)9-10-21(19)26(38)28(40)36-25-22(32)7-6-8-23(25)33/h6-10,15,17-18,24,26H,11-14,16,34H2,1-5H3,(H,35,39)(H,36,40)/t17-,24?,26-/m0/s1. The Bertz CT molecular complexity index is 1400. The number of para-hydroxylation sites is 1. The summed E-state index contributed by atoms with van der Waals surface area (Å²) in [6.07, 6.45) is 0.203. The summed E-state index contributed by atoms with van der Waals surface area (Å²) in [5.41, 5.74) is 6.01. The van der Waals surface area contributed by atoms with Gasteiger partial charge in [0.1, 0.15) is 41.0 Å². The number of nitrogens with zero attached hydrogens (tertiary/aromatic N) is 2. The molecule has 2 aromatic rings. The van der Waals surface area contributed by atoms with Gasteiger partial charge in [-0.1, -0.05) is 12.1 Å². The molecule has 2 aliphatic heterocycles. The van der Waals surface area contributed by atoms with Crippen LogP contribution in [0.4, 0.5) is 25.0 Å². The SMILES string of the molecule is C[C@@H](C(=O)NC(C(=O)N1Cc2cc(N)ccc2[C@H]1C(=O)Nc1c(F)cccc1F)C1CCOCC1)N(C)C(=O)OC(C)(C)C. The van der Waals surface area contributed by atoms with Gasteiger partial charge in [-0.05, 0) is 81.8 Å². The summed E-state index contributed by atoms with van der Waals surface area (Å²) in [6, 6.07) is 4.64. The fourth-order valence-electron chi connectivity index (χ4n) is 5.32. The normalized spacial score (nSPS) is 18.2. The van der Waals surface area contributed by atoms with Crippen LogP contribution >= 0.6 is 0 Å². The van der Waals surface area contributed by atoms with Crippen LogP contribution in [0.1, 0.15) is 57.7 Å². The average Bonchev–Trinajstić information content (AvgIpc) is 3.34. The minimum absolute atomic E-state index is 0.0278. The number of benzene rings is 2. The summed E-state index contributed by atoms with van der Waals surface area (Å²) in [7, 11) is 1.42. The number of nitrogens with two attached hydrogens (primary N) is 1. The first kappa shape index (κ1) is 32.6. The van der Waals surface area contributed by atoms with Crippen LogP contribution in [-0.4, -0.2) is 71.6 Å². The Morgan fingerprint density at radius 2 is 1.73 bits per heavy atom. The first-order valence-electron chi connectivity index (χ1n) is 14.5. The Hall–Kier alpha value is -4.26. The van der Waals surface area contributed by atoms with E-state index in [0.29, 0.717) is 42.9 Å². The summed E-state index contributed by atoms with van der Waals surface area (Å²) < 4.78 is 39.8. The van der Waals surface area contributed by atoms with E-state index >= 15 is 0 Å². The fraction of sp³-hybridized carbons (Fsp3) is 0.484. The quantitative estimate of drug-likeness (QED) is 0.403. The summed E-state index contributed by atoms with van der Waals surface area (Å²) in [5, 5.41) is 5.12. The van der Waals surface area contributed by atoms with E-state index < -0.39 is 64.9 Å². The van der Waals surface area contributed by atoms with Crippen molar-refractivity contribution in [2.45, 2.75) is 70.8 Å². The lowest BCUT2D eigenvalue weighted by molar-refractivity contribution is -0.144. The zero-order valence-corrected chi connectivity index (χ0v) is 25.5. The van der Waals surface area contributed by atoms with Gasteiger partial charge in [-0.2, -0.15) is 0 Å². The molecule has 0 aliphatic carbocycles. The number of nitrogens with one attached hydrogen (secondary N) is 2. The average molecular weight is 616 g/mol. The van der Waals surface area contributed by atoms with Crippen molar-refractivity contribution >= 4 is 35.2 Å². The number of hydrogen-bond donors (Lipinski definition) is 3. The van der Waals surface area contributed by atoms with Crippen LogP contribution in [0.3, 0.4) is 0 Å². The third-order valence-corrected chi connectivity index (χ3v) is 7.80. The number of amides is 4. The van der Waals surface area contributed by atoms with Gasteiger partial charge in [0, 0.05) is 32.5 Å². The van der Waals surface area contributed by atoms with E-state index in [-0.39, 0.29) is 12.5 Å². The van der Waals surface area contributed by atoms with Gasteiger partial charge in [0.2, 0.25) is 11.8 Å². The Morgan fingerprint density at radius 3 is 2.34 bits per heavy atom. The number of halogens is 2. The second-order valence-electron chi connectivity index (χ2n) is 12.1. The number of likely N-dealkylation sites (N-methyl/N-ethyl adjacent to an activating group) is 1. The lowest BCUT2D eigenvalue weighted by Gasteiger charge is -2.36. The van der Waals surface area contributed by atoms with Crippen molar-refractivity contribution < 1.29 is 37.4 Å². The van der Waals surface area contributed by atoms with Crippen LogP contribution in [0.2, 0.25) is 0 Å². The van der Waals surface area contributed by atoms with Crippen LogP contribution in [0, 0.1) is 17.6 Å². The predicted octanol–water partition coefficient (Wildman–Crippen LogP) is 3.74. The van der Waals surface area contributed by atoms with E-state index in [2.05, 4.69) is 10.6 Å². The van der Waals surface area contributed by atoms with Crippen molar-refractivity contribution in [3.63, 3.8) is 0 Å². The molecule has 1 fully saturated rings. The largest absolute Gasteiger partial charge is 0.444 e. The summed E-state index contributed by atoms with van der Waals surface area (Å²) in [4.78, 5) is 56.5. The number of carbonyl (C=O) groups is 4. The minimum Gasteiger partial charge on any atom is -0.444 e. The topological polar surface area (TPSA) is 143 Å². The van der Waals surface area contributed by atoms with Gasteiger partial charge in [-0.15, -0.1) is 0 Å². The molecule has 0 saturated carbocycles. The molecule has 1 saturated heterocycles. The van der Waals surface area contributed by atoms with E-state index in [9.17, 15) is 28.0 Å². The maximum Gasteiger partial charge on any atom is 0.410 e. The number of fused-ring (bicyclic) bond motifs is 1. The summed E-state index contributed by atoms with van der Waals surface area (Å²) in [5.74, 6) is -4.29. The molecule has 4 N–H and O–H groups in total. The second kappa shape index (κ2) is 13.2. The molecule has 0 radical (unpaired) electrons. The van der Waals surface area contributed by atoms with Gasteiger partial charge < -0.3 is 30.7 Å². The van der Waals surface area contributed by atoms with E-state index in [1.54, 1.807) is 39.0 Å². The number of carbonyl (C=O) groups excluding carboxylic acids is 4. The van der Waals surface area contributed by atoms with Crippen molar-refractivity contribution in [2.75, 3.05) is 31.3 Å². The van der Waals surface area contributed by atoms with E-state index in [1.807, 2.05) is 0 Å². The highest BCUT2D eigenvalue weighted by atomic mass is 19.1. The van der Waals surface area contributed by atoms with E-state index in [4.69, 9.17) is 15.2 Å². The fourth-order valence-corrected chi connectivity index (χ4v) is 5.32. The molecular formula is C31H39F2N5O6. The number of anilines is 2. The van der Waals surface area contributed by atoms with E-state index in [0.717, 1.165) is 17.0 Å². The Kier molecular flexibility index (Phi) is 9.77. The molecule has 4 amide bonds. The van der Waals surface area contributed by atoms with Crippen molar-refractivity contribution in [3.05, 3.63) is 59.2 Å². The van der Waals surface area contributed by atoms with E-state index in [1.165, 1.54) is 24.9 Å². The van der Waals surface area contributed by atoms with Gasteiger partial charge in [0.25, 0.3) is 5.91 Å². The molecule has 3 atom stereocenters. The molecular weight excluding hydrogens is 576 g/mol. The highest BCUT2D eigenvalue weighted by Crippen LogP contribution is 2.38. The smallest absolute Gasteiger partial charge is 0.410 e. The predicted molar refractivity (Wildman–Crippen MR) is 158 cm³/mol. The third kappa shape index (κ3) is 7.26. The number of hydrogen-bond acceptors (Lipinski definition) is 7. The second-order valence-corrected chi connectivity index (χ2v) is 12.1. The van der Waals surface area contributed by atoms with Crippen molar-refractivity contribution in [1.29, 1.82) is 0 Å². The zero-order chi connectivity index (χ0) is 32.3. The molecule has 2 aliphatic rings. The Morgan fingerprint density at radius 1 is 1.09 bits per heavy atom. The lowest BCUT2D eigenvalue weighted by atomic mass is 9.90. The van der Waals surface area contributed by atoms with Gasteiger partial charge in [0.15, 0.2) is 0 Å². The zero-order valence-electron chi connectivity index (χ0n) is 25.5. The van der Waals surface area contributed by atoms with Crippen LogP contribution in [-0.2, 0) is 30.4 Å².